The number of amides is 2. The van der Waals surface area contributed by atoms with Gasteiger partial charge in [-0.1, -0.05) is 6.07 Å². The molecule has 0 spiro atoms. The van der Waals surface area contributed by atoms with Gasteiger partial charge in [0.15, 0.2) is 0 Å². The van der Waals surface area contributed by atoms with Crippen molar-refractivity contribution in [2.75, 3.05) is 33.3 Å². The van der Waals surface area contributed by atoms with Crippen LogP contribution >= 0.6 is 0 Å². The van der Waals surface area contributed by atoms with E-state index >= 15 is 0 Å². The predicted octanol–water partition coefficient (Wildman–Crippen LogP) is 1.49. The topological polar surface area (TPSA) is 54.8 Å². The van der Waals surface area contributed by atoms with Crippen molar-refractivity contribution in [1.82, 2.24) is 14.4 Å². The van der Waals surface area contributed by atoms with Crippen molar-refractivity contribution < 1.29 is 14.3 Å². The van der Waals surface area contributed by atoms with Gasteiger partial charge in [-0.15, -0.1) is 0 Å². The fourth-order valence-corrected chi connectivity index (χ4v) is 3.10. The number of nitrogens with zero attached hydrogens (tertiary/aromatic N) is 3. The Balaban J connectivity index is 1.87. The second-order valence-electron chi connectivity index (χ2n) is 5.78. The number of rotatable bonds is 2. The van der Waals surface area contributed by atoms with E-state index < -0.39 is 0 Å². The van der Waals surface area contributed by atoms with Crippen molar-refractivity contribution in [1.29, 1.82) is 0 Å². The van der Waals surface area contributed by atoms with E-state index in [0.29, 0.717) is 31.9 Å². The van der Waals surface area contributed by atoms with Crippen LogP contribution in [0.1, 0.15) is 17.4 Å². The molecule has 2 amide bonds. The molecule has 0 atom stereocenters. The number of fused-ring (bicyclic) bond motifs is 1. The summed E-state index contributed by atoms with van der Waals surface area (Å²) in [4.78, 5) is 27.8. The second-order valence-corrected chi connectivity index (χ2v) is 5.78. The Labute approximate surface area is 135 Å². The van der Waals surface area contributed by atoms with Crippen molar-refractivity contribution >= 4 is 22.7 Å². The number of hydrogen-bond donors (Lipinski definition) is 0. The molecule has 0 bridgehead atoms. The molecule has 2 aromatic rings. The monoisotopic (exact) mass is 315 g/mol. The number of aryl methyl sites for hydroxylation is 1. The van der Waals surface area contributed by atoms with Crippen LogP contribution in [0.5, 0.6) is 5.75 Å². The van der Waals surface area contributed by atoms with Gasteiger partial charge in [-0.25, -0.2) is 0 Å². The van der Waals surface area contributed by atoms with Crippen LogP contribution < -0.4 is 4.74 Å². The zero-order valence-corrected chi connectivity index (χ0v) is 13.7. The zero-order chi connectivity index (χ0) is 16.6. The minimum absolute atomic E-state index is 0.00560. The van der Waals surface area contributed by atoms with E-state index in [0.717, 1.165) is 16.7 Å². The molecule has 1 aliphatic rings. The van der Waals surface area contributed by atoms with E-state index in [-0.39, 0.29) is 11.8 Å². The van der Waals surface area contributed by atoms with E-state index in [1.165, 1.54) is 0 Å². The summed E-state index contributed by atoms with van der Waals surface area (Å²) in [5, 5.41) is 0.934. The number of benzene rings is 1. The fraction of sp³-hybridized carbons (Fsp3) is 0.412. The molecule has 1 saturated heterocycles. The lowest BCUT2D eigenvalue weighted by atomic mass is 10.2. The van der Waals surface area contributed by atoms with Crippen LogP contribution in [0, 0.1) is 0 Å². The van der Waals surface area contributed by atoms with Crippen LogP contribution in [0.4, 0.5) is 0 Å². The molecule has 0 N–H and O–H groups in total. The number of piperazine rings is 1. The van der Waals surface area contributed by atoms with Crippen molar-refractivity contribution in [3.05, 3.63) is 30.0 Å². The maximum atomic E-state index is 12.8. The van der Waals surface area contributed by atoms with Crippen LogP contribution in [0.3, 0.4) is 0 Å². The minimum atomic E-state index is -0.00560. The lowest BCUT2D eigenvalue weighted by molar-refractivity contribution is -0.130. The van der Waals surface area contributed by atoms with Crippen molar-refractivity contribution in [2.45, 2.75) is 6.92 Å². The molecule has 2 heterocycles. The second kappa shape index (κ2) is 5.95. The summed E-state index contributed by atoms with van der Waals surface area (Å²) in [6.07, 6.45) is 0. The van der Waals surface area contributed by atoms with Gasteiger partial charge in [0.1, 0.15) is 11.4 Å². The lowest BCUT2D eigenvalue weighted by Crippen LogP contribution is -2.50. The van der Waals surface area contributed by atoms with Crippen LogP contribution in [-0.2, 0) is 11.8 Å². The van der Waals surface area contributed by atoms with Gasteiger partial charge >= 0.3 is 0 Å². The maximum absolute atomic E-state index is 12.8. The highest BCUT2D eigenvalue weighted by molar-refractivity contribution is 6.00. The molecule has 0 radical (unpaired) electrons. The van der Waals surface area contributed by atoms with Crippen LogP contribution in [0.15, 0.2) is 24.3 Å². The number of carbonyl (C=O) groups is 2. The average Bonchev–Trinajstić information content (AvgIpc) is 2.91. The third-order valence-corrected chi connectivity index (χ3v) is 4.50. The van der Waals surface area contributed by atoms with Gasteiger partial charge in [-0.05, 0) is 18.2 Å². The van der Waals surface area contributed by atoms with Gasteiger partial charge in [-0.3, -0.25) is 9.59 Å². The maximum Gasteiger partial charge on any atom is 0.270 e. The molecule has 1 aromatic heterocycles. The van der Waals surface area contributed by atoms with E-state index in [2.05, 4.69) is 0 Å². The van der Waals surface area contributed by atoms with Gasteiger partial charge in [0, 0.05) is 45.5 Å². The molecule has 0 saturated carbocycles. The summed E-state index contributed by atoms with van der Waals surface area (Å²) in [6.45, 7) is 3.88. The molecule has 1 fully saturated rings. The molecule has 1 aromatic carbocycles. The normalized spacial score (nSPS) is 15.1. The van der Waals surface area contributed by atoms with Crippen LogP contribution in [-0.4, -0.2) is 59.5 Å². The molecular formula is C17H21N3O3. The molecule has 3 rings (SSSR count). The highest BCUT2D eigenvalue weighted by Crippen LogP contribution is 2.28. The van der Waals surface area contributed by atoms with E-state index in [9.17, 15) is 9.59 Å². The van der Waals surface area contributed by atoms with Gasteiger partial charge in [0.05, 0.1) is 12.6 Å². The summed E-state index contributed by atoms with van der Waals surface area (Å²) >= 11 is 0. The summed E-state index contributed by atoms with van der Waals surface area (Å²) in [7, 11) is 3.52. The zero-order valence-electron chi connectivity index (χ0n) is 13.7. The highest BCUT2D eigenvalue weighted by atomic mass is 16.5. The fourth-order valence-electron chi connectivity index (χ4n) is 3.10. The SMILES string of the molecule is COc1cccc2c1cc(C(=O)N1CCN(C(C)=O)CC1)n2C. The summed E-state index contributed by atoms with van der Waals surface area (Å²) in [5.41, 5.74) is 1.61. The predicted molar refractivity (Wildman–Crippen MR) is 87.6 cm³/mol. The van der Waals surface area contributed by atoms with Crippen molar-refractivity contribution in [3.63, 3.8) is 0 Å². The molecule has 1 aliphatic heterocycles. The Hall–Kier alpha value is -2.50. The van der Waals surface area contributed by atoms with E-state index in [1.807, 2.05) is 35.9 Å². The number of ether oxygens (including phenoxy) is 1. The van der Waals surface area contributed by atoms with Gasteiger partial charge in [0.2, 0.25) is 5.91 Å². The Morgan fingerprint density at radius 2 is 1.74 bits per heavy atom. The third kappa shape index (κ3) is 2.65. The van der Waals surface area contributed by atoms with Crippen molar-refractivity contribution in [3.8, 4) is 5.75 Å². The Bertz CT molecular complexity index is 758. The summed E-state index contributed by atoms with van der Waals surface area (Å²) < 4.78 is 7.28. The first kappa shape index (κ1) is 15.4. The molecule has 0 unspecified atom stereocenters. The standard InChI is InChI=1S/C17H21N3O3/c1-12(21)19-7-9-20(10-8-19)17(22)15-11-13-14(18(15)2)5-4-6-16(13)23-3/h4-6,11H,7-10H2,1-3H3. The number of aromatic nitrogens is 1. The summed E-state index contributed by atoms with van der Waals surface area (Å²) in [5.74, 6) is 0.818. The minimum Gasteiger partial charge on any atom is -0.496 e. The first-order valence-electron chi connectivity index (χ1n) is 7.70. The Kier molecular flexibility index (Phi) is 3.98. The number of carbonyl (C=O) groups excluding carboxylic acids is 2. The lowest BCUT2D eigenvalue weighted by Gasteiger charge is -2.34. The average molecular weight is 315 g/mol. The van der Waals surface area contributed by atoms with Crippen molar-refractivity contribution in [2.24, 2.45) is 7.05 Å². The highest BCUT2D eigenvalue weighted by Gasteiger charge is 2.25. The Morgan fingerprint density at radius 3 is 2.35 bits per heavy atom. The largest absolute Gasteiger partial charge is 0.496 e. The van der Waals surface area contributed by atoms with Gasteiger partial charge in [-0.2, -0.15) is 0 Å². The molecular weight excluding hydrogens is 294 g/mol. The number of methoxy groups -OCH3 is 1. The molecule has 23 heavy (non-hydrogen) atoms. The quantitative estimate of drug-likeness (QED) is 0.844. The van der Waals surface area contributed by atoms with Crippen LogP contribution in [0.25, 0.3) is 10.9 Å². The van der Waals surface area contributed by atoms with Gasteiger partial charge < -0.3 is 19.1 Å². The van der Waals surface area contributed by atoms with Gasteiger partial charge in [0.25, 0.3) is 5.91 Å². The Morgan fingerprint density at radius 1 is 1.09 bits per heavy atom. The van der Waals surface area contributed by atoms with E-state index in [1.54, 1.807) is 23.8 Å². The number of hydrogen-bond acceptors (Lipinski definition) is 3. The molecule has 122 valence electrons. The molecule has 6 heteroatoms. The third-order valence-electron chi connectivity index (χ3n) is 4.50. The molecule has 6 nitrogen and oxygen atoms in total. The smallest absolute Gasteiger partial charge is 0.270 e. The van der Waals surface area contributed by atoms with Crippen LogP contribution in [0.2, 0.25) is 0 Å². The first-order chi connectivity index (χ1) is 11.0. The summed E-state index contributed by atoms with van der Waals surface area (Å²) in [6, 6.07) is 7.67. The molecule has 0 aliphatic carbocycles. The first-order valence-corrected chi connectivity index (χ1v) is 7.70. The van der Waals surface area contributed by atoms with E-state index in [4.69, 9.17) is 4.74 Å².